The van der Waals surface area contributed by atoms with Crippen molar-refractivity contribution >= 4 is 27.4 Å². The lowest BCUT2D eigenvalue weighted by molar-refractivity contribution is 0.416. The van der Waals surface area contributed by atoms with Gasteiger partial charge in [-0.2, -0.15) is 0 Å². The van der Waals surface area contributed by atoms with Gasteiger partial charge in [-0.25, -0.2) is 9.97 Å². The van der Waals surface area contributed by atoms with Crippen LogP contribution in [0.1, 0.15) is 5.56 Å². The van der Waals surface area contributed by atoms with Crippen LogP contribution in [0.4, 0.5) is 5.82 Å². The van der Waals surface area contributed by atoms with E-state index in [1.165, 1.54) is 0 Å². The Hall–Kier alpha value is -2.14. The number of rotatable bonds is 3. The molecule has 3 rings (SSSR count). The molecular formula is C15H15N3OS. The first-order valence-electron chi connectivity index (χ1n) is 6.31. The molecule has 2 aromatic heterocycles. The Morgan fingerprint density at radius 1 is 1.20 bits per heavy atom. The van der Waals surface area contributed by atoms with Crippen LogP contribution in [-0.4, -0.2) is 24.1 Å². The minimum absolute atomic E-state index is 0.682. The highest BCUT2D eigenvalue weighted by atomic mass is 32.1. The van der Waals surface area contributed by atoms with Gasteiger partial charge in [0.2, 0.25) is 0 Å². The van der Waals surface area contributed by atoms with Crippen LogP contribution in [0.15, 0.2) is 29.6 Å². The molecule has 102 valence electrons. The van der Waals surface area contributed by atoms with Gasteiger partial charge < -0.3 is 10.1 Å². The van der Waals surface area contributed by atoms with E-state index < -0.39 is 0 Å². The standard InChI is InChI=1S/C15H15N3OS/c1-9-4-5-10(12(8-9)19-3)14-17-13(16-2)11-6-7-20-15(11)18-14/h4-8H,1-3H3,(H,16,17,18). The molecule has 0 bridgehead atoms. The van der Waals surface area contributed by atoms with Crippen molar-refractivity contribution in [1.82, 2.24) is 9.97 Å². The zero-order valence-electron chi connectivity index (χ0n) is 11.6. The molecule has 0 aliphatic rings. The monoisotopic (exact) mass is 285 g/mol. The molecule has 1 N–H and O–H groups in total. The molecule has 20 heavy (non-hydrogen) atoms. The molecule has 3 aromatic rings. The van der Waals surface area contributed by atoms with Crippen LogP contribution < -0.4 is 10.1 Å². The van der Waals surface area contributed by atoms with Gasteiger partial charge in [0.1, 0.15) is 16.4 Å². The number of aryl methyl sites for hydroxylation is 1. The van der Waals surface area contributed by atoms with E-state index in [4.69, 9.17) is 4.74 Å². The second kappa shape index (κ2) is 5.09. The molecule has 0 fully saturated rings. The summed E-state index contributed by atoms with van der Waals surface area (Å²) in [5, 5.41) is 6.20. The maximum atomic E-state index is 5.45. The number of hydrogen-bond acceptors (Lipinski definition) is 5. The second-order valence-corrected chi connectivity index (χ2v) is 5.38. The van der Waals surface area contributed by atoms with E-state index in [0.717, 1.165) is 32.9 Å². The van der Waals surface area contributed by atoms with Gasteiger partial charge in [-0.05, 0) is 36.1 Å². The SMILES string of the molecule is CNc1nc(-c2ccc(C)cc2OC)nc2sccc12. The molecule has 0 saturated heterocycles. The molecule has 5 heteroatoms. The van der Waals surface area contributed by atoms with E-state index >= 15 is 0 Å². The van der Waals surface area contributed by atoms with Crippen LogP contribution in [-0.2, 0) is 0 Å². The Labute approximate surface area is 121 Å². The highest BCUT2D eigenvalue weighted by molar-refractivity contribution is 7.16. The van der Waals surface area contributed by atoms with E-state index in [2.05, 4.69) is 15.3 Å². The van der Waals surface area contributed by atoms with E-state index in [1.807, 2.05) is 43.6 Å². The lowest BCUT2D eigenvalue weighted by Gasteiger charge is -2.10. The zero-order chi connectivity index (χ0) is 14.1. The molecule has 0 spiro atoms. The first-order chi connectivity index (χ1) is 9.72. The molecule has 2 heterocycles. The van der Waals surface area contributed by atoms with Gasteiger partial charge in [0.15, 0.2) is 5.82 Å². The third kappa shape index (κ3) is 2.10. The van der Waals surface area contributed by atoms with Crippen molar-refractivity contribution in [2.24, 2.45) is 0 Å². The van der Waals surface area contributed by atoms with Crippen molar-refractivity contribution in [3.8, 4) is 17.1 Å². The molecule has 0 amide bonds. The van der Waals surface area contributed by atoms with Crippen LogP contribution in [0.2, 0.25) is 0 Å². The summed E-state index contributed by atoms with van der Waals surface area (Å²) in [5.41, 5.74) is 2.06. The van der Waals surface area contributed by atoms with Crippen molar-refractivity contribution in [3.05, 3.63) is 35.2 Å². The highest BCUT2D eigenvalue weighted by Crippen LogP contribution is 2.32. The first-order valence-corrected chi connectivity index (χ1v) is 7.19. The number of hydrogen-bond donors (Lipinski definition) is 1. The molecule has 0 aliphatic heterocycles. The number of thiophene rings is 1. The number of benzene rings is 1. The predicted octanol–water partition coefficient (Wildman–Crippen LogP) is 3.72. The maximum Gasteiger partial charge on any atom is 0.166 e. The average Bonchev–Trinajstić information content (AvgIpc) is 2.94. The molecule has 0 aliphatic carbocycles. The van der Waals surface area contributed by atoms with Gasteiger partial charge in [-0.15, -0.1) is 11.3 Å². The minimum atomic E-state index is 0.682. The molecule has 1 aromatic carbocycles. The number of ether oxygens (including phenoxy) is 1. The van der Waals surface area contributed by atoms with E-state index in [0.29, 0.717) is 5.82 Å². The lowest BCUT2D eigenvalue weighted by Crippen LogP contribution is -1.98. The third-order valence-electron chi connectivity index (χ3n) is 3.16. The zero-order valence-corrected chi connectivity index (χ0v) is 12.4. The quantitative estimate of drug-likeness (QED) is 0.796. The van der Waals surface area contributed by atoms with Crippen LogP contribution in [0.25, 0.3) is 21.6 Å². The average molecular weight is 285 g/mol. The van der Waals surface area contributed by atoms with Crippen LogP contribution in [0, 0.1) is 6.92 Å². The van der Waals surface area contributed by atoms with Crippen molar-refractivity contribution in [2.45, 2.75) is 6.92 Å². The molecule has 4 nitrogen and oxygen atoms in total. The summed E-state index contributed by atoms with van der Waals surface area (Å²) in [7, 11) is 3.54. The van der Waals surface area contributed by atoms with Crippen molar-refractivity contribution in [3.63, 3.8) is 0 Å². The largest absolute Gasteiger partial charge is 0.496 e. The predicted molar refractivity (Wildman–Crippen MR) is 83.7 cm³/mol. The Morgan fingerprint density at radius 2 is 2.05 bits per heavy atom. The second-order valence-electron chi connectivity index (χ2n) is 4.49. The van der Waals surface area contributed by atoms with E-state index in [-0.39, 0.29) is 0 Å². The maximum absolute atomic E-state index is 5.45. The summed E-state index contributed by atoms with van der Waals surface area (Å²) < 4.78 is 5.45. The van der Waals surface area contributed by atoms with Gasteiger partial charge >= 0.3 is 0 Å². The Bertz CT molecular complexity index is 767. The molecular weight excluding hydrogens is 270 g/mol. The molecule has 0 radical (unpaired) electrons. The highest BCUT2D eigenvalue weighted by Gasteiger charge is 2.13. The number of anilines is 1. The number of methoxy groups -OCH3 is 1. The smallest absolute Gasteiger partial charge is 0.166 e. The van der Waals surface area contributed by atoms with Gasteiger partial charge in [-0.1, -0.05) is 6.07 Å². The number of nitrogens with one attached hydrogen (secondary N) is 1. The van der Waals surface area contributed by atoms with Crippen molar-refractivity contribution in [2.75, 3.05) is 19.5 Å². The summed E-state index contributed by atoms with van der Waals surface area (Å²) in [5.74, 6) is 2.32. The van der Waals surface area contributed by atoms with Gasteiger partial charge in [-0.3, -0.25) is 0 Å². The van der Waals surface area contributed by atoms with E-state index in [1.54, 1.807) is 18.4 Å². The van der Waals surface area contributed by atoms with E-state index in [9.17, 15) is 0 Å². The molecule has 0 atom stereocenters. The minimum Gasteiger partial charge on any atom is -0.496 e. The lowest BCUT2D eigenvalue weighted by atomic mass is 10.1. The normalized spacial score (nSPS) is 10.8. The number of nitrogens with zero attached hydrogens (tertiary/aromatic N) is 2. The first kappa shape index (κ1) is 12.9. The summed E-state index contributed by atoms with van der Waals surface area (Å²) in [6, 6.07) is 8.07. The fraction of sp³-hybridized carbons (Fsp3) is 0.200. The molecule has 0 saturated carbocycles. The Balaban J connectivity index is 2.24. The topological polar surface area (TPSA) is 47.0 Å². The summed E-state index contributed by atoms with van der Waals surface area (Å²) >= 11 is 1.61. The van der Waals surface area contributed by atoms with Crippen LogP contribution in [0.3, 0.4) is 0 Å². The van der Waals surface area contributed by atoms with Gasteiger partial charge in [0.05, 0.1) is 18.1 Å². The summed E-state index contributed by atoms with van der Waals surface area (Å²) in [6.07, 6.45) is 0. The Kier molecular flexibility index (Phi) is 3.28. The third-order valence-corrected chi connectivity index (χ3v) is 3.97. The number of aromatic nitrogens is 2. The number of fused-ring (bicyclic) bond motifs is 1. The van der Waals surface area contributed by atoms with Gasteiger partial charge in [0.25, 0.3) is 0 Å². The van der Waals surface area contributed by atoms with Crippen LogP contribution >= 0.6 is 11.3 Å². The van der Waals surface area contributed by atoms with Gasteiger partial charge in [0, 0.05) is 7.05 Å². The van der Waals surface area contributed by atoms with Crippen molar-refractivity contribution in [1.29, 1.82) is 0 Å². The summed E-state index contributed by atoms with van der Waals surface area (Å²) in [4.78, 5) is 10.2. The fourth-order valence-corrected chi connectivity index (χ4v) is 2.91. The van der Waals surface area contributed by atoms with Crippen molar-refractivity contribution < 1.29 is 4.74 Å². The van der Waals surface area contributed by atoms with Crippen LogP contribution in [0.5, 0.6) is 5.75 Å². The molecule has 0 unspecified atom stereocenters. The fourth-order valence-electron chi connectivity index (χ4n) is 2.15. The Morgan fingerprint density at radius 3 is 2.80 bits per heavy atom. The summed E-state index contributed by atoms with van der Waals surface area (Å²) in [6.45, 7) is 2.04.